The second-order valence-electron chi connectivity index (χ2n) is 25.0. The average Bonchev–Trinajstić information content (AvgIpc) is 1.66. The van der Waals surface area contributed by atoms with Gasteiger partial charge in [0.15, 0.2) is 0 Å². The molecule has 39 nitrogen and oxygen atoms in total. The van der Waals surface area contributed by atoms with E-state index < -0.39 is 212 Å². The van der Waals surface area contributed by atoms with Crippen molar-refractivity contribution in [2.45, 2.75) is 140 Å². The van der Waals surface area contributed by atoms with Crippen molar-refractivity contribution in [3.63, 3.8) is 0 Å². The number of H-pyrrole nitrogens is 2. The number of thioether (sulfide) groups is 2. The van der Waals surface area contributed by atoms with Crippen molar-refractivity contribution < 1.29 is 91.7 Å². The maximum atomic E-state index is 14.4. The number of nitrogens with two attached hydrogens (primary N) is 3. The summed E-state index contributed by atoms with van der Waals surface area (Å²) < 4.78 is 0. The lowest BCUT2D eigenvalue weighted by molar-refractivity contribution is -0.141. The molecule has 0 aliphatic rings. The van der Waals surface area contributed by atoms with Gasteiger partial charge < -0.3 is 111 Å². The third-order valence-electron chi connectivity index (χ3n) is 15.1. The lowest BCUT2D eigenvalue weighted by Gasteiger charge is -2.26. The van der Waals surface area contributed by atoms with E-state index in [9.17, 15) is 91.7 Å². The van der Waals surface area contributed by atoms with Gasteiger partial charge in [0.2, 0.25) is 94.5 Å². The number of rotatable bonds is 48. The van der Waals surface area contributed by atoms with Crippen LogP contribution in [0.25, 0.3) is 10.9 Å². The van der Waals surface area contributed by atoms with Crippen LogP contribution in [-0.4, -0.2) is 261 Å². The number of likely N-dealkylation sites (N-methyl/N-ethyl adjacent to an activating group) is 1. The lowest BCUT2D eigenvalue weighted by atomic mass is 10.0. The van der Waals surface area contributed by atoms with E-state index in [2.05, 4.69) is 84.1 Å². The van der Waals surface area contributed by atoms with E-state index >= 15 is 0 Å². The monoisotopic (exact) mass is 1500 g/mol. The van der Waals surface area contributed by atoms with E-state index in [1.165, 1.54) is 36.1 Å². The van der Waals surface area contributed by atoms with Gasteiger partial charge >= 0.3 is 5.97 Å². The highest BCUT2D eigenvalue weighted by Crippen LogP contribution is 2.20. The molecule has 0 unspecified atom stereocenters. The number of amides is 16. The van der Waals surface area contributed by atoms with Crippen molar-refractivity contribution in [2.24, 2.45) is 29.0 Å². The van der Waals surface area contributed by atoms with Gasteiger partial charge in [-0.05, 0) is 75.8 Å². The summed E-state index contributed by atoms with van der Waals surface area (Å²) in [7, 11) is 3.14. The fraction of sp³-hybridized carbons (Fsp3) is 0.556. The van der Waals surface area contributed by atoms with Crippen LogP contribution in [0.1, 0.15) is 78.0 Å². The molecule has 0 saturated carbocycles. The molecule has 2 aromatic heterocycles. The molecular formula is C63H96N20O19S2. The number of hydrogen-bond acceptors (Lipinski definition) is 22. The Bertz CT molecular complexity index is 3500. The van der Waals surface area contributed by atoms with Crippen LogP contribution in [0, 0.1) is 11.8 Å². The number of aromatic amines is 2. The van der Waals surface area contributed by atoms with Gasteiger partial charge in [0.1, 0.15) is 60.4 Å². The Labute approximate surface area is 606 Å². The van der Waals surface area contributed by atoms with Crippen LogP contribution in [0.3, 0.4) is 0 Å². The van der Waals surface area contributed by atoms with Crippen LogP contribution in [0.2, 0.25) is 0 Å². The highest BCUT2D eigenvalue weighted by atomic mass is 32.2. The number of carbonyl (C=O) groups excluding carboxylic acids is 16. The molecule has 0 fully saturated rings. The Hall–Kier alpha value is -10.4. The predicted molar refractivity (Wildman–Crippen MR) is 378 cm³/mol. The van der Waals surface area contributed by atoms with E-state index in [0.717, 1.165) is 11.8 Å². The first-order valence-corrected chi connectivity index (χ1v) is 35.3. The summed E-state index contributed by atoms with van der Waals surface area (Å²) in [4.78, 5) is 235. The molecule has 0 radical (unpaired) electrons. The number of hydrogen-bond donors (Lipinski definition) is 20. The number of aliphatic hydroxyl groups is 1. The zero-order chi connectivity index (χ0) is 77.9. The minimum Gasteiger partial charge on any atom is -0.481 e. The molecule has 16 amide bonds. The second-order valence-corrected chi connectivity index (χ2v) is 27.0. The molecule has 0 spiro atoms. The number of fused-ring (bicyclic) bond motifs is 1. The summed E-state index contributed by atoms with van der Waals surface area (Å²) >= 11 is 2.24. The molecule has 574 valence electrons. The van der Waals surface area contributed by atoms with Crippen LogP contribution < -0.4 is 86.3 Å². The minimum atomic E-state index is -1.92. The van der Waals surface area contributed by atoms with E-state index in [-0.39, 0.29) is 49.7 Å². The van der Waals surface area contributed by atoms with Crippen molar-refractivity contribution in [3.8, 4) is 0 Å². The molecule has 0 saturated heterocycles. The second kappa shape index (κ2) is 44.8. The number of benzene rings is 1. The van der Waals surface area contributed by atoms with E-state index in [1.54, 1.807) is 58.4 Å². The van der Waals surface area contributed by atoms with E-state index in [0.29, 0.717) is 27.9 Å². The first kappa shape index (κ1) is 87.8. The summed E-state index contributed by atoms with van der Waals surface area (Å²) in [6.45, 7) is 4.31. The number of carboxylic acids is 1. The van der Waals surface area contributed by atoms with Gasteiger partial charge in [0.05, 0.1) is 51.3 Å². The molecule has 0 aliphatic carbocycles. The molecule has 2 heterocycles. The number of nitrogens with zero attached hydrogens (tertiary/aromatic N) is 2. The number of primary amides is 3. The van der Waals surface area contributed by atoms with Crippen LogP contribution in [-0.2, 0) is 94.3 Å². The number of aliphatic hydroxyl groups excluding tert-OH is 1. The van der Waals surface area contributed by atoms with Gasteiger partial charge in [0.25, 0.3) is 0 Å². The molecule has 41 heteroatoms. The van der Waals surface area contributed by atoms with Crippen LogP contribution in [0.4, 0.5) is 0 Å². The zero-order valence-electron chi connectivity index (χ0n) is 58.9. The van der Waals surface area contributed by atoms with Crippen molar-refractivity contribution in [1.29, 1.82) is 0 Å². The van der Waals surface area contributed by atoms with Crippen LogP contribution in [0.15, 0.2) is 43.0 Å². The van der Waals surface area contributed by atoms with Crippen LogP contribution >= 0.6 is 23.5 Å². The number of carboxylic acid groups (broad SMARTS) is 1. The SMILES string of the molecule is CSCC[C@H](NC(=O)[C@H](CC(C)C)NC(=O)[C@H](Cc1cnc[nH]1)NC(=O)CNC(=O)[C@@H](NC(=O)[C@H](C)NC(=O)[C@H](Cc1c[nH]c2ccccc12)NC(=O)[C@H](CCC(N)=O)NC(=O)CNC(=O)[C@H](CC(=O)O)NC(=O)CNC(=O)[C@H](CSCC(N)=O)NC(=O)[C@H](CO)NC(=O)CN(C)C)C(C)C)C(N)=O. The number of carbonyl (C=O) groups is 17. The summed E-state index contributed by atoms with van der Waals surface area (Å²) in [5, 5.41) is 51.3. The van der Waals surface area contributed by atoms with Crippen molar-refractivity contribution >= 4 is 135 Å². The predicted octanol–water partition coefficient (Wildman–Crippen LogP) is -7.65. The van der Waals surface area contributed by atoms with Gasteiger partial charge in [-0.1, -0.05) is 45.9 Å². The third kappa shape index (κ3) is 32.3. The first-order valence-electron chi connectivity index (χ1n) is 32.8. The number of imidazole rings is 1. The maximum absolute atomic E-state index is 14.4. The average molecular weight is 1500 g/mol. The first-order chi connectivity index (χ1) is 49.0. The van der Waals surface area contributed by atoms with E-state index in [1.807, 2.05) is 20.1 Å². The van der Waals surface area contributed by atoms with Gasteiger partial charge in [0, 0.05) is 54.0 Å². The molecule has 23 N–H and O–H groups in total. The zero-order valence-corrected chi connectivity index (χ0v) is 60.5. The van der Waals surface area contributed by atoms with Crippen molar-refractivity contribution in [3.05, 3.63) is 54.2 Å². The Morgan fingerprint density at radius 3 is 1.64 bits per heavy atom. The quantitative estimate of drug-likeness (QED) is 0.0250. The molecule has 3 rings (SSSR count). The standard InChI is InChI=1S/C63H96N20O19S2/c1-31(2)17-40(60(99)78-38(54(66)93)15-16-103-8)79-61(100)42(19-35-22-67-30-72-35)75-50(89)25-71-63(102)53(32(3)4)82-55(94)33(5)73-59(98)41(18-34-21-68-37-12-10-9-11-36(34)37)80-58(97)39(13-14-46(64)85)74-48(87)23-69-56(95)43(20-52(91)92)76-49(88)24-70-57(96)45(28-104-29-47(65)86)81-62(101)44(27-84)77-51(90)26-83(6)7/h9-12,21-22,30-33,38-45,53,68,84H,13-20,23-29H2,1-8H3,(H2,64,85)(H2,65,86)(H2,66,93)(H,67,72)(H,69,95)(H,70,96)(H,71,102)(H,73,98)(H,74,87)(H,75,89)(H,76,88)(H,77,90)(H,78,99)(H,79,100)(H,80,97)(H,81,101)(H,82,94)(H,91,92)/t33-,38-,39-,40-,41-,42-,43-,44-,45-,53-/m0/s1. The highest BCUT2D eigenvalue weighted by molar-refractivity contribution is 8.00. The Balaban J connectivity index is 1.77. The number of aliphatic carboxylic acids is 1. The number of aromatic nitrogens is 3. The Morgan fingerprint density at radius 2 is 1.09 bits per heavy atom. The molecule has 1 aromatic carbocycles. The fourth-order valence-corrected chi connectivity index (χ4v) is 11.0. The lowest BCUT2D eigenvalue weighted by Crippen LogP contribution is -2.59. The van der Waals surface area contributed by atoms with Crippen molar-refractivity contribution in [2.75, 3.05) is 70.4 Å². The highest BCUT2D eigenvalue weighted by Gasteiger charge is 2.35. The van der Waals surface area contributed by atoms with E-state index in [4.69, 9.17) is 17.2 Å². The van der Waals surface area contributed by atoms with Gasteiger partial charge in [-0.3, -0.25) is 81.5 Å². The topological polar surface area (TPSA) is 613 Å². The number of para-hydroxylation sites is 1. The molecular weight excluding hydrogens is 1400 g/mol. The molecule has 0 bridgehead atoms. The number of nitrogens with one attached hydrogen (secondary N) is 15. The summed E-state index contributed by atoms with van der Waals surface area (Å²) in [6.07, 6.45) is 3.99. The van der Waals surface area contributed by atoms with Gasteiger partial charge in [-0.15, -0.1) is 11.8 Å². The fourth-order valence-electron chi connectivity index (χ4n) is 9.78. The molecule has 104 heavy (non-hydrogen) atoms. The minimum absolute atomic E-state index is 0.127. The smallest absolute Gasteiger partial charge is 0.305 e. The molecule has 3 aromatic rings. The third-order valence-corrected chi connectivity index (χ3v) is 16.8. The van der Waals surface area contributed by atoms with Gasteiger partial charge in [-0.2, -0.15) is 11.8 Å². The Kier molecular flexibility index (Phi) is 37.9. The molecule has 0 aliphatic heterocycles. The normalized spacial score (nSPS) is 14.0. The summed E-state index contributed by atoms with van der Waals surface area (Å²) in [5.41, 5.74) is 17.7. The van der Waals surface area contributed by atoms with Crippen LogP contribution in [0.5, 0.6) is 0 Å². The largest absolute Gasteiger partial charge is 0.481 e. The summed E-state index contributed by atoms with van der Waals surface area (Å²) in [6, 6.07) is -7.67. The Morgan fingerprint density at radius 1 is 0.558 bits per heavy atom. The van der Waals surface area contributed by atoms with Gasteiger partial charge in [-0.25, -0.2) is 4.98 Å². The summed E-state index contributed by atoms with van der Waals surface area (Å²) in [5.74, 6) is -17.4. The maximum Gasteiger partial charge on any atom is 0.305 e. The van der Waals surface area contributed by atoms with Crippen molar-refractivity contribution in [1.82, 2.24) is 89.0 Å². The molecule has 10 atom stereocenters.